The molecule has 98 valence electrons. The zero-order valence-corrected chi connectivity index (χ0v) is 12.6. The average molecular weight is 290 g/mol. The van der Waals surface area contributed by atoms with Gasteiger partial charge in [-0.05, 0) is 44.0 Å². The third-order valence-corrected chi connectivity index (χ3v) is 4.54. The van der Waals surface area contributed by atoms with Crippen LogP contribution in [-0.2, 0) is 0 Å². The highest BCUT2D eigenvalue weighted by Gasteiger charge is 2.09. The van der Waals surface area contributed by atoms with Crippen molar-refractivity contribution in [2.45, 2.75) is 30.4 Å². The van der Waals surface area contributed by atoms with E-state index in [1.807, 2.05) is 13.0 Å². The number of nitrogens with one attached hydrogen (secondary N) is 1. The largest absolute Gasteiger partial charge is 0.330 e. The molecule has 0 aliphatic rings. The second-order valence-electron chi connectivity index (χ2n) is 4.19. The van der Waals surface area contributed by atoms with Gasteiger partial charge < -0.3 is 5.32 Å². The first kappa shape index (κ1) is 13.8. The van der Waals surface area contributed by atoms with Crippen molar-refractivity contribution in [2.24, 2.45) is 0 Å². The fourth-order valence-electron chi connectivity index (χ4n) is 1.43. The van der Waals surface area contributed by atoms with Crippen molar-refractivity contribution in [3.05, 3.63) is 29.3 Å². The molecular weight excluding hydrogens is 276 g/mol. The van der Waals surface area contributed by atoms with E-state index in [4.69, 9.17) is 5.26 Å². The van der Waals surface area contributed by atoms with Gasteiger partial charge in [0, 0.05) is 5.69 Å². The highest BCUT2D eigenvalue weighted by atomic mass is 32.2. The van der Waals surface area contributed by atoms with E-state index in [0.29, 0.717) is 0 Å². The lowest BCUT2D eigenvalue weighted by Crippen LogP contribution is -1.91. The molecule has 6 heteroatoms. The maximum atomic E-state index is 8.76. The molecule has 4 nitrogen and oxygen atoms in total. The molecule has 0 aliphatic heterocycles. The van der Waals surface area contributed by atoms with Crippen LogP contribution in [0.4, 0.5) is 10.8 Å². The first-order chi connectivity index (χ1) is 9.08. The van der Waals surface area contributed by atoms with Crippen LogP contribution < -0.4 is 5.32 Å². The van der Waals surface area contributed by atoms with Crippen molar-refractivity contribution in [3.8, 4) is 6.07 Å². The summed E-state index contributed by atoms with van der Waals surface area (Å²) in [6, 6.07) is 8.35. The molecule has 0 unspecified atom stereocenters. The Kier molecular flexibility index (Phi) is 4.40. The lowest BCUT2D eigenvalue weighted by Gasteiger charge is -2.05. The molecule has 0 aliphatic carbocycles. The molecule has 0 radical (unpaired) electrons. The van der Waals surface area contributed by atoms with Gasteiger partial charge >= 0.3 is 0 Å². The highest BCUT2D eigenvalue weighted by Crippen LogP contribution is 2.30. The average Bonchev–Trinajstić information content (AvgIpc) is 2.81. The number of anilines is 2. The Bertz CT molecular complexity index is 615. The minimum atomic E-state index is -0.109. The smallest absolute Gasteiger partial charge is 0.210 e. The van der Waals surface area contributed by atoms with Gasteiger partial charge in [-0.25, -0.2) is 0 Å². The van der Waals surface area contributed by atoms with Gasteiger partial charge in [0.1, 0.15) is 0 Å². The van der Waals surface area contributed by atoms with Crippen LogP contribution in [0, 0.1) is 25.2 Å². The summed E-state index contributed by atoms with van der Waals surface area (Å²) < 4.78 is 0.806. The van der Waals surface area contributed by atoms with Crippen LogP contribution in [0.3, 0.4) is 0 Å². The van der Waals surface area contributed by atoms with E-state index in [0.717, 1.165) is 15.2 Å². The number of nitrogens with zero attached hydrogens (tertiary/aromatic N) is 3. The van der Waals surface area contributed by atoms with Crippen LogP contribution >= 0.6 is 23.1 Å². The molecule has 0 saturated carbocycles. The Balaban J connectivity index is 2.07. The van der Waals surface area contributed by atoms with Crippen molar-refractivity contribution in [1.82, 2.24) is 10.2 Å². The van der Waals surface area contributed by atoms with E-state index in [-0.39, 0.29) is 5.25 Å². The molecule has 0 amide bonds. The molecule has 2 aromatic rings. The summed E-state index contributed by atoms with van der Waals surface area (Å²) in [4.78, 5) is 0. The summed E-state index contributed by atoms with van der Waals surface area (Å²) in [7, 11) is 0. The summed E-state index contributed by atoms with van der Waals surface area (Å²) >= 11 is 2.88. The summed E-state index contributed by atoms with van der Waals surface area (Å²) in [6.07, 6.45) is 0. The normalized spacial score (nSPS) is 11.9. The van der Waals surface area contributed by atoms with E-state index < -0.39 is 0 Å². The molecule has 0 fully saturated rings. The van der Waals surface area contributed by atoms with Gasteiger partial charge in [0.05, 0.1) is 11.3 Å². The van der Waals surface area contributed by atoms with E-state index in [1.165, 1.54) is 34.2 Å². The number of rotatable bonds is 4. The van der Waals surface area contributed by atoms with Crippen molar-refractivity contribution in [3.63, 3.8) is 0 Å². The van der Waals surface area contributed by atoms with Crippen molar-refractivity contribution >= 4 is 33.9 Å². The number of hydrogen-bond acceptors (Lipinski definition) is 6. The number of aromatic nitrogens is 2. The predicted octanol–water partition coefficient (Wildman–Crippen LogP) is 3.90. The van der Waals surface area contributed by atoms with Crippen molar-refractivity contribution < 1.29 is 0 Å². The topological polar surface area (TPSA) is 61.6 Å². The third kappa shape index (κ3) is 3.69. The van der Waals surface area contributed by atoms with Crippen molar-refractivity contribution in [2.75, 3.05) is 5.32 Å². The van der Waals surface area contributed by atoms with E-state index in [1.54, 1.807) is 0 Å². The number of hydrogen-bond donors (Lipinski definition) is 1. The second-order valence-corrected chi connectivity index (χ2v) is 6.75. The lowest BCUT2D eigenvalue weighted by atomic mass is 10.1. The van der Waals surface area contributed by atoms with E-state index >= 15 is 0 Å². The van der Waals surface area contributed by atoms with Crippen LogP contribution in [-0.4, -0.2) is 15.4 Å². The number of aryl methyl sites for hydroxylation is 2. The van der Waals surface area contributed by atoms with Crippen LogP contribution in [0.2, 0.25) is 0 Å². The summed E-state index contributed by atoms with van der Waals surface area (Å²) in [5.41, 5.74) is 3.51. The maximum Gasteiger partial charge on any atom is 0.210 e. The van der Waals surface area contributed by atoms with E-state index in [2.05, 4.69) is 47.6 Å². The van der Waals surface area contributed by atoms with E-state index in [9.17, 15) is 0 Å². The summed E-state index contributed by atoms with van der Waals surface area (Å²) in [5.74, 6) is 0. The SMILES string of the molecule is Cc1ccc(Nc2nnc(S[C@@H](C)C#N)s2)cc1C. The molecule has 1 aromatic carbocycles. The Morgan fingerprint density at radius 3 is 2.79 bits per heavy atom. The number of benzene rings is 1. The zero-order valence-electron chi connectivity index (χ0n) is 11.0. The van der Waals surface area contributed by atoms with Gasteiger partial charge in [-0.15, -0.1) is 10.2 Å². The van der Waals surface area contributed by atoms with Gasteiger partial charge in [-0.1, -0.05) is 29.2 Å². The molecule has 1 atom stereocenters. The monoisotopic (exact) mass is 290 g/mol. The Hall–Kier alpha value is -1.58. The second kappa shape index (κ2) is 6.04. The molecule has 1 aromatic heterocycles. The molecule has 0 bridgehead atoms. The molecule has 0 spiro atoms. The number of thioether (sulfide) groups is 1. The van der Waals surface area contributed by atoms with Crippen LogP contribution in [0.1, 0.15) is 18.1 Å². The summed E-state index contributed by atoms with van der Waals surface area (Å²) in [6.45, 7) is 6.01. The predicted molar refractivity (Wildman–Crippen MR) is 80.0 cm³/mol. The Labute approximate surface area is 120 Å². The van der Waals surface area contributed by atoms with Gasteiger partial charge in [-0.2, -0.15) is 5.26 Å². The molecule has 1 heterocycles. The van der Waals surface area contributed by atoms with Crippen LogP contribution in [0.5, 0.6) is 0 Å². The first-order valence-electron chi connectivity index (χ1n) is 5.82. The van der Waals surface area contributed by atoms with Crippen LogP contribution in [0.25, 0.3) is 0 Å². The third-order valence-electron chi connectivity index (χ3n) is 2.62. The summed E-state index contributed by atoms with van der Waals surface area (Å²) in [5, 5.41) is 20.8. The maximum absolute atomic E-state index is 8.76. The zero-order chi connectivity index (χ0) is 13.8. The quantitative estimate of drug-likeness (QED) is 0.865. The molecule has 19 heavy (non-hydrogen) atoms. The fraction of sp³-hybridized carbons (Fsp3) is 0.308. The van der Waals surface area contributed by atoms with Gasteiger partial charge in [-0.3, -0.25) is 0 Å². The first-order valence-corrected chi connectivity index (χ1v) is 7.52. The molecule has 2 rings (SSSR count). The minimum Gasteiger partial charge on any atom is -0.330 e. The Morgan fingerprint density at radius 1 is 1.32 bits per heavy atom. The fourth-order valence-corrected chi connectivity index (χ4v) is 3.23. The minimum absolute atomic E-state index is 0.109. The highest BCUT2D eigenvalue weighted by molar-refractivity contribution is 8.01. The molecule has 0 saturated heterocycles. The van der Waals surface area contributed by atoms with Crippen LogP contribution in [0.15, 0.2) is 22.5 Å². The Morgan fingerprint density at radius 2 is 2.11 bits per heavy atom. The van der Waals surface area contributed by atoms with Gasteiger partial charge in [0.2, 0.25) is 5.13 Å². The lowest BCUT2D eigenvalue weighted by molar-refractivity contribution is 1.01. The molecular formula is C13H14N4S2. The number of nitriles is 1. The van der Waals surface area contributed by atoms with Gasteiger partial charge in [0.15, 0.2) is 4.34 Å². The standard InChI is InChI=1S/C13H14N4S2/c1-8-4-5-11(6-9(8)2)15-12-16-17-13(19-12)18-10(3)7-14/h4-6,10H,1-3H3,(H,15,16)/t10-/m0/s1. The van der Waals surface area contributed by atoms with Gasteiger partial charge in [0.25, 0.3) is 0 Å². The van der Waals surface area contributed by atoms with Crippen molar-refractivity contribution in [1.29, 1.82) is 5.26 Å². The molecule has 1 N–H and O–H groups in total.